The number of aliphatic imine (C=N–C) groups is 1. The molecule has 1 N–H and O–H groups in total. The molecule has 0 aliphatic carbocycles. The molecule has 4 nitrogen and oxygen atoms in total. The van der Waals surface area contributed by atoms with Gasteiger partial charge in [0.2, 0.25) is 0 Å². The molecule has 84 valence electrons. The third-order valence-electron chi connectivity index (χ3n) is 1.84. The van der Waals surface area contributed by atoms with Gasteiger partial charge in [0.25, 0.3) is 0 Å². The lowest BCUT2D eigenvalue weighted by atomic mass is 10.1. The fraction of sp³-hybridized carbons (Fsp3) is 0.636. The van der Waals surface area contributed by atoms with E-state index in [2.05, 4.69) is 10.3 Å². The van der Waals surface area contributed by atoms with Gasteiger partial charge >= 0.3 is 6.09 Å². The smallest absolute Gasteiger partial charge is 0.407 e. The molecule has 0 atom stereocenters. The van der Waals surface area contributed by atoms with Crippen molar-refractivity contribution in [2.24, 2.45) is 4.99 Å². The molecular formula is C11H18N2O2. The summed E-state index contributed by atoms with van der Waals surface area (Å²) in [7, 11) is 0. The van der Waals surface area contributed by atoms with E-state index in [4.69, 9.17) is 4.74 Å². The molecule has 0 saturated carbocycles. The maximum atomic E-state index is 11.3. The number of hydrogen-bond donors (Lipinski definition) is 1. The lowest BCUT2D eigenvalue weighted by Gasteiger charge is -2.20. The lowest BCUT2D eigenvalue weighted by Crippen LogP contribution is -2.33. The van der Waals surface area contributed by atoms with E-state index in [1.807, 2.05) is 26.8 Å². The van der Waals surface area contributed by atoms with Crippen LogP contribution < -0.4 is 5.32 Å². The van der Waals surface area contributed by atoms with Crippen LogP contribution in [0.25, 0.3) is 0 Å². The number of alkyl carbamates (subject to hydrolysis) is 1. The normalized spacial score (nSPS) is 15.8. The number of amides is 1. The molecule has 0 spiro atoms. The van der Waals surface area contributed by atoms with E-state index in [-0.39, 0.29) is 6.09 Å². The van der Waals surface area contributed by atoms with E-state index in [9.17, 15) is 4.79 Å². The Morgan fingerprint density at radius 3 is 2.87 bits per heavy atom. The Bertz CT molecular complexity index is 287. The summed E-state index contributed by atoms with van der Waals surface area (Å²) in [6.45, 7) is 6.89. The fourth-order valence-corrected chi connectivity index (χ4v) is 1.17. The van der Waals surface area contributed by atoms with Crippen molar-refractivity contribution in [2.75, 3.05) is 13.1 Å². The molecule has 0 aromatic carbocycles. The molecule has 0 aromatic rings. The van der Waals surface area contributed by atoms with Crippen LogP contribution in [0.5, 0.6) is 0 Å². The van der Waals surface area contributed by atoms with Crippen LogP contribution in [0.15, 0.2) is 16.6 Å². The Morgan fingerprint density at radius 2 is 2.33 bits per heavy atom. The van der Waals surface area contributed by atoms with Crippen LogP contribution in [0, 0.1) is 0 Å². The molecule has 1 rings (SSSR count). The molecule has 1 aliphatic heterocycles. The summed E-state index contributed by atoms with van der Waals surface area (Å²) in [5.41, 5.74) is 0.739. The second kappa shape index (κ2) is 4.96. The van der Waals surface area contributed by atoms with E-state index < -0.39 is 5.60 Å². The SMILES string of the molecule is CC(C)(C)OC(=O)NCC1=CC=NCC1. The van der Waals surface area contributed by atoms with Gasteiger partial charge in [-0.2, -0.15) is 0 Å². The van der Waals surface area contributed by atoms with Gasteiger partial charge in [0.15, 0.2) is 0 Å². The number of ether oxygens (including phenoxy) is 1. The first-order valence-electron chi connectivity index (χ1n) is 5.12. The summed E-state index contributed by atoms with van der Waals surface area (Å²) in [5, 5.41) is 2.72. The van der Waals surface area contributed by atoms with Gasteiger partial charge in [-0.3, -0.25) is 4.99 Å². The third-order valence-corrected chi connectivity index (χ3v) is 1.84. The van der Waals surface area contributed by atoms with Crippen molar-refractivity contribution >= 4 is 12.3 Å². The quantitative estimate of drug-likeness (QED) is 0.757. The summed E-state index contributed by atoms with van der Waals surface area (Å²) < 4.78 is 5.12. The molecule has 4 heteroatoms. The van der Waals surface area contributed by atoms with Crippen LogP contribution in [0.3, 0.4) is 0 Å². The Balaban J connectivity index is 2.28. The van der Waals surface area contributed by atoms with Gasteiger partial charge in [-0.25, -0.2) is 4.79 Å². The molecule has 1 aliphatic rings. The van der Waals surface area contributed by atoms with Crippen LogP contribution in [0.4, 0.5) is 4.79 Å². The predicted octanol–water partition coefficient (Wildman–Crippen LogP) is 1.91. The standard InChI is InChI=1S/C11H18N2O2/c1-11(2,3)15-10(14)13-8-9-4-6-12-7-5-9/h4,6H,5,7-8H2,1-3H3,(H,13,14). The van der Waals surface area contributed by atoms with Crippen molar-refractivity contribution in [3.8, 4) is 0 Å². The number of carbonyl (C=O) groups is 1. The third kappa shape index (κ3) is 5.20. The first-order valence-corrected chi connectivity index (χ1v) is 5.12. The highest BCUT2D eigenvalue weighted by molar-refractivity contribution is 5.74. The number of carbonyl (C=O) groups excluding carboxylic acids is 1. The predicted molar refractivity (Wildman–Crippen MR) is 60.3 cm³/mol. The minimum Gasteiger partial charge on any atom is -0.444 e. The number of rotatable bonds is 2. The van der Waals surface area contributed by atoms with Crippen molar-refractivity contribution in [1.29, 1.82) is 0 Å². The number of dihydropyridines is 1. The maximum Gasteiger partial charge on any atom is 0.407 e. The summed E-state index contributed by atoms with van der Waals surface area (Å²) in [6.07, 6.45) is 4.24. The van der Waals surface area contributed by atoms with Crippen molar-refractivity contribution in [2.45, 2.75) is 32.8 Å². The van der Waals surface area contributed by atoms with Crippen LogP contribution in [0.2, 0.25) is 0 Å². The fourth-order valence-electron chi connectivity index (χ4n) is 1.17. The highest BCUT2D eigenvalue weighted by Gasteiger charge is 2.15. The van der Waals surface area contributed by atoms with Gasteiger partial charge in [0, 0.05) is 19.3 Å². The van der Waals surface area contributed by atoms with Gasteiger partial charge in [0.05, 0.1) is 0 Å². The van der Waals surface area contributed by atoms with Gasteiger partial charge < -0.3 is 10.1 Å². The largest absolute Gasteiger partial charge is 0.444 e. The molecular weight excluding hydrogens is 192 g/mol. The van der Waals surface area contributed by atoms with E-state index in [0.717, 1.165) is 13.0 Å². The summed E-state index contributed by atoms with van der Waals surface area (Å²) in [6, 6.07) is 0. The molecule has 0 unspecified atom stereocenters. The first-order chi connectivity index (χ1) is 6.97. The maximum absolute atomic E-state index is 11.3. The molecule has 0 fully saturated rings. The number of hydrogen-bond acceptors (Lipinski definition) is 3. The first kappa shape index (κ1) is 11.8. The van der Waals surface area contributed by atoms with Gasteiger partial charge in [0.1, 0.15) is 5.60 Å². The highest BCUT2D eigenvalue weighted by atomic mass is 16.6. The zero-order chi connectivity index (χ0) is 11.3. The summed E-state index contributed by atoms with van der Waals surface area (Å²) in [4.78, 5) is 15.4. The van der Waals surface area contributed by atoms with E-state index in [0.29, 0.717) is 6.54 Å². The minimum absolute atomic E-state index is 0.370. The van der Waals surface area contributed by atoms with Crippen molar-refractivity contribution in [3.63, 3.8) is 0 Å². The Kier molecular flexibility index (Phi) is 3.88. The molecule has 0 bridgehead atoms. The van der Waals surface area contributed by atoms with Crippen molar-refractivity contribution in [1.82, 2.24) is 5.32 Å². The Hall–Kier alpha value is -1.32. The Morgan fingerprint density at radius 1 is 1.60 bits per heavy atom. The number of nitrogens with zero attached hydrogens (tertiary/aromatic N) is 1. The minimum atomic E-state index is -0.438. The second-order valence-electron chi connectivity index (χ2n) is 4.49. The lowest BCUT2D eigenvalue weighted by molar-refractivity contribution is 0.0532. The number of allylic oxidation sites excluding steroid dienone is 1. The van der Waals surface area contributed by atoms with E-state index in [1.165, 1.54) is 5.57 Å². The van der Waals surface area contributed by atoms with Crippen molar-refractivity contribution in [3.05, 3.63) is 11.6 Å². The molecule has 1 heterocycles. The zero-order valence-electron chi connectivity index (χ0n) is 9.54. The zero-order valence-corrected chi connectivity index (χ0v) is 9.54. The topological polar surface area (TPSA) is 50.7 Å². The summed E-state index contributed by atoms with van der Waals surface area (Å²) >= 11 is 0. The van der Waals surface area contributed by atoms with Crippen LogP contribution in [-0.4, -0.2) is 31.0 Å². The molecule has 0 aromatic heterocycles. The van der Waals surface area contributed by atoms with E-state index >= 15 is 0 Å². The monoisotopic (exact) mass is 210 g/mol. The van der Waals surface area contributed by atoms with E-state index in [1.54, 1.807) is 6.21 Å². The second-order valence-corrected chi connectivity index (χ2v) is 4.49. The van der Waals surface area contributed by atoms with Gasteiger partial charge in [-0.1, -0.05) is 0 Å². The molecule has 0 radical (unpaired) electrons. The van der Waals surface area contributed by atoms with Crippen LogP contribution in [0.1, 0.15) is 27.2 Å². The molecule has 15 heavy (non-hydrogen) atoms. The number of nitrogens with one attached hydrogen (secondary N) is 1. The average Bonchev–Trinajstić information content (AvgIpc) is 2.14. The van der Waals surface area contributed by atoms with Crippen LogP contribution in [-0.2, 0) is 4.74 Å². The molecule has 0 saturated heterocycles. The summed E-state index contributed by atoms with van der Waals surface area (Å²) in [5.74, 6) is 0. The van der Waals surface area contributed by atoms with Gasteiger partial charge in [-0.15, -0.1) is 0 Å². The van der Waals surface area contributed by atoms with Gasteiger partial charge in [-0.05, 0) is 38.8 Å². The van der Waals surface area contributed by atoms with Crippen LogP contribution >= 0.6 is 0 Å². The molecule has 1 amide bonds. The average molecular weight is 210 g/mol. The highest BCUT2D eigenvalue weighted by Crippen LogP contribution is 2.07. The Labute approximate surface area is 90.4 Å². The van der Waals surface area contributed by atoms with Crippen molar-refractivity contribution < 1.29 is 9.53 Å².